The van der Waals surface area contributed by atoms with Gasteiger partial charge in [0.2, 0.25) is 0 Å². The van der Waals surface area contributed by atoms with Crippen molar-refractivity contribution >= 4 is 35.0 Å². The smallest absolute Gasteiger partial charge is 0.416 e. The number of rotatable bonds is 4. The molecule has 0 atom stereocenters. The average Bonchev–Trinajstić information content (AvgIpc) is 3.15. The molecule has 2 aromatic rings. The lowest BCUT2D eigenvalue weighted by atomic mass is 10.1. The monoisotopic (exact) mass is 397 g/mol. The van der Waals surface area contributed by atoms with Crippen molar-refractivity contribution in [3.8, 4) is 11.3 Å². The second kappa shape index (κ2) is 6.95. The summed E-state index contributed by atoms with van der Waals surface area (Å²) in [4.78, 5) is 35.0. The Hall–Kier alpha value is -3.01. The first-order chi connectivity index (χ1) is 12.6. The molecule has 1 N–H and O–H groups in total. The van der Waals surface area contributed by atoms with E-state index in [1.165, 1.54) is 30.3 Å². The molecule has 0 saturated carbocycles. The first kappa shape index (κ1) is 18.8. The number of thioether (sulfide) groups is 1. The van der Waals surface area contributed by atoms with Crippen molar-refractivity contribution in [2.24, 2.45) is 0 Å². The van der Waals surface area contributed by atoms with Crippen molar-refractivity contribution in [2.75, 3.05) is 6.54 Å². The predicted octanol–water partition coefficient (Wildman–Crippen LogP) is 4.09. The van der Waals surface area contributed by atoms with E-state index < -0.39 is 35.4 Å². The molecule has 2 amide bonds. The van der Waals surface area contributed by atoms with Crippen LogP contribution >= 0.6 is 11.8 Å². The maximum Gasteiger partial charge on any atom is 0.416 e. The number of halogens is 3. The number of benzene rings is 1. The van der Waals surface area contributed by atoms with Crippen molar-refractivity contribution < 1.29 is 37.1 Å². The van der Waals surface area contributed by atoms with Crippen LogP contribution in [0.25, 0.3) is 17.4 Å². The minimum absolute atomic E-state index is 0.0359. The molecule has 1 fully saturated rings. The summed E-state index contributed by atoms with van der Waals surface area (Å²) in [6.07, 6.45) is -3.25. The molecule has 3 rings (SSSR count). The molecule has 0 bridgehead atoms. The van der Waals surface area contributed by atoms with Gasteiger partial charge in [0.15, 0.2) is 0 Å². The molecule has 1 aliphatic rings. The molecule has 1 aliphatic heterocycles. The maximum absolute atomic E-state index is 12.8. The average molecular weight is 397 g/mol. The van der Waals surface area contributed by atoms with E-state index >= 15 is 0 Å². The van der Waals surface area contributed by atoms with E-state index in [9.17, 15) is 27.6 Å². The molecule has 6 nitrogen and oxygen atoms in total. The van der Waals surface area contributed by atoms with Gasteiger partial charge in [0.1, 0.15) is 18.1 Å². The van der Waals surface area contributed by atoms with E-state index in [4.69, 9.17) is 9.52 Å². The Morgan fingerprint density at radius 2 is 1.96 bits per heavy atom. The topological polar surface area (TPSA) is 87.8 Å². The van der Waals surface area contributed by atoms with Gasteiger partial charge in [-0.2, -0.15) is 13.2 Å². The van der Waals surface area contributed by atoms with Crippen molar-refractivity contribution in [2.45, 2.75) is 6.18 Å². The first-order valence-corrected chi connectivity index (χ1v) is 8.21. The summed E-state index contributed by atoms with van der Waals surface area (Å²) in [6, 6.07) is 7.43. The second-order valence-electron chi connectivity index (χ2n) is 5.44. The number of hydrogen-bond acceptors (Lipinski definition) is 5. The van der Waals surface area contributed by atoms with Gasteiger partial charge >= 0.3 is 12.1 Å². The number of carbonyl (C=O) groups excluding carboxylic acids is 2. The fraction of sp³-hybridized carbons (Fsp3) is 0.118. The Morgan fingerprint density at radius 1 is 1.22 bits per heavy atom. The number of imide groups is 1. The summed E-state index contributed by atoms with van der Waals surface area (Å²) in [5.41, 5.74) is -0.629. The van der Waals surface area contributed by atoms with Crippen LogP contribution in [-0.2, 0) is 15.8 Å². The number of carboxylic acids is 1. The molecule has 1 aromatic carbocycles. The normalized spacial score (nSPS) is 16.4. The van der Waals surface area contributed by atoms with Gasteiger partial charge in [-0.05, 0) is 36.0 Å². The highest BCUT2D eigenvalue weighted by molar-refractivity contribution is 8.18. The Morgan fingerprint density at radius 3 is 2.63 bits per heavy atom. The highest BCUT2D eigenvalue weighted by Crippen LogP contribution is 2.35. The quantitative estimate of drug-likeness (QED) is 0.782. The standard InChI is InChI=1S/C17H10F3NO5S/c18-17(19,20)10-3-1-2-9(6-10)12-5-4-11(26-12)7-13-15(24)21(8-14(22)23)16(25)27-13/h1-7H,8H2,(H,22,23)/b13-7+. The Labute approximate surface area is 154 Å². The number of carboxylic acid groups (broad SMARTS) is 1. The maximum atomic E-state index is 12.8. The molecule has 0 aliphatic carbocycles. The van der Waals surface area contributed by atoms with Crippen LogP contribution in [0.3, 0.4) is 0 Å². The summed E-state index contributed by atoms with van der Waals surface area (Å²) in [5.74, 6) is -1.81. The molecule has 27 heavy (non-hydrogen) atoms. The van der Waals surface area contributed by atoms with Gasteiger partial charge in [0, 0.05) is 11.6 Å². The van der Waals surface area contributed by atoms with Crippen LogP contribution in [0.15, 0.2) is 45.7 Å². The van der Waals surface area contributed by atoms with Crippen LogP contribution in [-0.4, -0.2) is 33.7 Å². The number of amides is 2. The zero-order valence-electron chi connectivity index (χ0n) is 13.3. The van der Waals surface area contributed by atoms with E-state index in [1.807, 2.05) is 0 Å². The van der Waals surface area contributed by atoms with Gasteiger partial charge in [0.05, 0.1) is 10.5 Å². The summed E-state index contributed by atoms with van der Waals surface area (Å²) in [7, 11) is 0. The number of alkyl halides is 3. The van der Waals surface area contributed by atoms with Gasteiger partial charge in [-0.1, -0.05) is 12.1 Å². The van der Waals surface area contributed by atoms with Gasteiger partial charge < -0.3 is 9.52 Å². The Balaban J connectivity index is 1.85. The highest BCUT2D eigenvalue weighted by atomic mass is 32.2. The molecular weight excluding hydrogens is 387 g/mol. The predicted molar refractivity (Wildman–Crippen MR) is 89.5 cm³/mol. The van der Waals surface area contributed by atoms with Gasteiger partial charge in [0.25, 0.3) is 11.1 Å². The SMILES string of the molecule is O=C(O)CN1C(=O)S/C(=C/c2ccc(-c3cccc(C(F)(F)F)c3)o2)C1=O. The second-order valence-corrected chi connectivity index (χ2v) is 6.44. The third-order valence-electron chi connectivity index (χ3n) is 3.54. The number of furan rings is 1. The molecule has 2 heterocycles. The van der Waals surface area contributed by atoms with E-state index in [1.54, 1.807) is 0 Å². The van der Waals surface area contributed by atoms with E-state index in [0.717, 1.165) is 12.1 Å². The van der Waals surface area contributed by atoms with Gasteiger partial charge in [-0.3, -0.25) is 19.3 Å². The van der Waals surface area contributed by atoms with Crippen LogP contribution in [0.5, 0.6) is 0 Å². The molecular formula is C17H10F3NO5S. The van der Waals surface area contributed by atoms with E-state index in [0.29, 0.717) is 16.7 Å². The highest BCUT2D eigenvalue weighted by Gasteiger charge is 2.36. The van der Waals surface area contributed by atoms with E-state index in [2.05, 4.69) is 0 Å². The van der Waals surface area contributed by atoms with Crippen molar-refractivity contribution in [3.05, 3.63) is 52.6 Å². The summed E-state index contributed by atoms with van der Waals surface area (Å²) in [6.45, 7) is -0.754. The van der Waals surface area contributed by atoms with Gasteiger partial charge in [-0.15, -0.1) is 0 Å². The van der Waals surface area contributed by atoms with E-state index in [-0.39, 0.29) is 22.0 Å². The number of carbonyl (C=O) groups is 3. The molecule has 140 valence electrons. The summed E-state index contributed by atoms with van der Waals surface area (Å²) >= 11 is 0.556. The van der Waals surface area contributed by atoms with Crippen LogP contribution in [0.4, 0.5) is 18.0 Å². The lowest BCUT2D eigenvalue weighted by molar-refractivity contribution is -0.140. The van der Waals surface area contributed by atoms with Crippen LogP contribution in [0.2, 0.25) is 0 Å². The van der Waals surface area contributed by atoms with Crippen molar-refractivity contribution in [3.63, 3.8) is 0 Å². The lowest BCUT2D eigenvalue weighted by Crippen LogP contribution is -2.33. The number of aliphatic carboxylic acids is 1. The zero-order chi connectivity index (χ0) is 19.8. The third kappa shape index (κ3) is 4.05. The van der Waals surface area contributed by atoms with Gasteiger partial charge in [-0.25, -0.2) is 0 Å². The molecule has 10 heteroatoms. The number of nitrogens with zero attached hydrogens (tertiary/aromatic N) is 1. The molecule has 1 aromatic heterocycles. The molecule has 0 spiro atoms. The summed E-state index contributed by atoms with van der Waals surface area (Å²) in [5, 5.41) is 8.00. The third-order valence-corrected chi connectivity index (χ3v) is 4.45. The largest absolute Gasteiger partial charge is 0.480 e. The Kier molecular flexibility index (Phi) is 4.83. The Bertz CT molecular complexity index is 963. The molecule has 0 unspecified atom stereocenters. The fourth-order valence-corrected chi connectivity index (χ4v) is 3.15. The van der Waals surface area contributed by atoms with Crippen LogP contribution in [0, 0.1) is 0 Å². The van der Waals surface area contributed by atoms with Crippen LogP contribution < -0.4 is 0 Å². The summed E-state index contributed by atoms with van der Waals surface area (Å²) < 4.78 is 43.9. The first-order valence-electron chi connectivity index (χ1n) is 7.40. The number of hydrogen-bond donors (Lipinski definition) is 1. The zero-order valence-corrected chi connectivity index (χ0v) is 14.1. The minimum Gasteiger partial charge on any atom is -0.480 e. The van der Waals surface area contributed by atoms with Crippen LogP contribution in [0.1, 0.15) is 11.3 Å². The van der Waals surface area contributed by atoms with Crippen molar-refractivity contribution in [1.29, 1.82) is 0 Å². The molecule has 1 saturated heterocycles. The molecule has 0 radical (unpaired) electrons. The minimum atomic E-state index is -4.49. The fourth-order valence-electron chi connectivity index (χ4n) is 2.34. The van der Waals surface area contributed by atoms with Crippen molar-refractivity contribution in [1.82, 2.24) is 4.90 Å². The lowest BCUT2D eigenvalue weighted by Gasteiger charge is -2.07.